The van der Waals surface area contributed by atoms with Crippen molar-refractivity contribution in [3.8, 4) is 0 Å². The molecule has 2 heterocycles. The van der Waals surface area contributed by atoms with Crippen molar-refractivity contribution in [1.82, 2.24) is 15.3 Å². The lowest BCUT2D eigenvalue weighted by Crippen LogP contribution is -2.25. The van der Waals surface area contributed by atoms with Crippen molar-refractivity contribution in [2.75, 3.05) is 44.1 Å². The highest BCUT2D eigenvalue weighted by molar-refractivity contribution is 7.98. The number of thiophene rings is 1. The van der Waals surface area contributed by atoms with Crippen LogP contribution in [0.15, 0.2) is 6.33 Å². The quantitative estimate of drug-likeness (QED) is 0.674. The minimum atomic E-state index is -0.0371. The van der Waals surface area contributed by atoms with Gasteiger partial charge in [-0.15, -0.1) is 11.3 Å². The molecule has 0 fully saturated rings. The van der Waals surface area contributed by atoms with Crippen molar-refractivity contribution in [2.45, 2.75) is 13.3 Å². The molecule has 2 rings (SSSR count). The van der Waals surface area contributed by atoms with Crippen LogP contribution in [0, 0.1) is 6.92 Å². The highest BCUT2D eigenvalue weighted by Crippen LogP contribution is 2.33. The van der Waals surface area contributed by atoms with Gasteiger partial charge in [-0.2, -0.15) is 11.8 Å². The molecule has 0 atom stereocenters. The molecule has 8 heteroatoms. The Morgan fingerprint density at radius 3 is 2.96 bits per heavy atom. The van der Waals surface area contributed by atoms with Gasteiger partial charge in [0.15, 0.2) is 0 Å². The smallest absolute Gasteiger partial charge is 0.261 e. The maximum atomic E-state index is 12.3. The minimum Gasteiger partial charge on any atom is -0.385 e. The number of thioether (sulfide) groups is 1. The number of fused-ring (bicyclic) bond motifs is 1. The van der Waals surface area contributed by atoms with Crippen LogP contribution in [0.5, 0.6) is 0 Å². The van der Waals surface area contributed by atoms with Gasteiger partial charge in [0.2, 0.25) is 0 Å². The molecule has 2 aromatic heterocycles. The molecule has 0 bridgehead atoms. The molecule has 0 aliphatic rings. The molecule has 1 amide bonds. The molecule has 0 aliphatic carbocycles. The number of ether oxygens (including phenoxy) is 1. The SMILES string of the molecule is COCCCNc1ncnc2sc(C(=O)NCCSC)c(C)c12. The molecule has 0 unspecified atom stereocenters. The molecular weight excluding hydrogens is 332 g/mol. The fourth-order valence-corrected chi connectivity index (χ4v) is 3.56. The van der Waals surface area contributed by atoms with Crippen molar-refractivity contribution in [3.63, 3.8) is 0 Å². The average molecular weight is 355 g/mol. The Bertz CT molecular complexity index is 660. The summed E-state index contributed by atoms with van der Waals surface area (Å²) in [6.45, 7) is 4.09. The monoisotopic (exact) mass is 354 g/mol. The maximum absolute atomic E-state index is 12.3. The largest absolute Gasteiger partial charge is 0.385 e. The molecule has 0 aliphatic heterocycles. The van der Waals surface area contributed by atoms with E-state index in [1.165, 1.54) is 17.7 Å². The van der Waals surface area contributed by atoms with Gasteiger partial charge in [0.05, 0.1) is 10.3 Å². The van der Waals surface area contributed by atoms with Crippen molar-refractivity contribution in [2.24, 2.45) is 0 Å². The van der Waals surface area contributed by atoms with Crippen LogP contribution in [0.3, 0.4) is 0 Å². The number of carbonyl (C=O) groups excluding carboxylic acids is 1. The van der Waals surface area contributed by atoms with Gasteiger partial charge in [-0.3, -0.25) is 4.79 Å². The van der Waals surface area contributed by atoms with Crippen LogP contribution in [0.2, 0.25) is 0 Å². The van der Waals surface area contributed by atoms with E-state index in [1.807, 2.05) is 13.2 Å². The first-order chi connectivity index (χ1) is 11.2. The van der Waals surface area contributed by atoms with Crippen LogP contribution in [0.4, 0.5) is 5.82 Å². The van der Waals surface area contributed by atoms with E-state index in [9.17, 15) is 4.79 Å². The number of anilines is 1. The van der Waals surface area contributed by atoms with Gasteiger partial charge in [-0.25, -0.2) is 9.97 Å². The number of nitrogens with one attached hydrogen (secondary N) is 2. The number of hydrogen-bond acceptors (Lipinski definition) is 7. The highest BCUT2D eigenvalue weighted by atomic mass is 32.2. The van der Waals surface area contributed by atoms with Crippen LogP contribution < -0.4 is 10.6 Å². The van der Waals surface area contributed by atoms with Crippen molar-refractivity contribution >= 4 is 45.0 Å². The number of hydrogen-bond donors (Lipinski definition) is 2. The Labute approximate surface area is 144 Å². The first kappa shape index (κ1) is 18.0. The van der Waals surface area contributed by atoms with Gasteiger partial charge in [0.1, 0.15) is 17.0 Å². The lowest BCUT2D eigenvalue weighted by molar-refractivity contribution is 0.0960. The molecule has 0 saturated heterocycles. The summed E-state index contributed by atoms with van der Waals surface area (Å²) < 4.78 is 5.05. The van der Waals surface area contributed by atoms with Crippen LogP contribution in [-0.2, 0) is 4.74 Å². The predicted molar refractivity (Wildman–Crippen MR) is 97.8 cm³/mol. The molecule has 0 aromatic carbocycles. The summed E-state index contributed by atoms with van der Waals surface area (Å²) in [7, 11) is 1.69. The Kier molecular flexibility index (Phi) is 7.07. The van der Waals surface area contributed by atoms with Crippen molar-refractivity contribution in [1.29, 1.82) is 0 Å². The zero-order valence-corrected chi connectivity index (χ0v) is 15.3. The highest BCUT2D eigenvalue weighted by Gasteiger charge is 2.18. The normalized spacial score (nSPS) is 10.9. The second kappa shape index (κ2) is 9.05. The third-order valence-corrected chi connectivity index (χ3v) is 5.15. The third kappa shape index (κ3) is 4.55. The lowest BCUT2D eigenvalue weighted by atomic mass is 10.2. The van der Waals surface area contributed by atoms with Crippen LogP contribution >= 0.6 is 23.1 Å². The van der Waals surface area contributed by atoms with Gasteiger partial charge in [-0.1, -0.05) is 0 Å². The van der Waals surface area contributed by atoms with E-state index >= 15 is 0 Å². The van der Waals surface area contributed by atoms with Gasteiger partial charge in [-0.05, 0) is 25.2 Å². The third-order valence-electron chi connectivity index (χ3n) is 3.34. The second-order valence-corrected chi connectivity index (χ2v) is 6.97. The topological polar surface area (TPSA) is 76.1 Å². The van der Waals surface area contributed by atoms with Gasteiger partial charge >= 0.3 is 0 Å². The Morgan fingerprint density at radius 1 is 1.39 bits per heavy atom. The fraction of sp³-hybridized carbons (Fsp3) is 0.533. The van der Waals surface area contributed by atoms with E-state index in [-0.39, 0.29) is 5.91 Å². The zero-order chi connectivity index (χ0) is 16.7. The molecule has 0 saturated carbocycles. The number of aryl methyl sites for hydroxylation is 1. The summed E-state index contributed by atoms with van der Waals surface area (Å²) in [6.07, 6.45) is 4.45. The Hall–Kier alpha value is -1.38. The molecule has 126 valence electrons. The average Bonchev–Trinajstić information content (AvgIpc) is 2.90. The first-order valence-corrected chi connectivity index (χ1v) is 9.64. The second-order valence-electron chi connectivity index (χ2n) is 4.98. The molecule has 2 N–H and O–H groups in total. The maximum Gasteiger partial charge on any atom is 0.261 e. The first-order valence-electron chi connectivity index (χ1n) is 7.43. The lowest BCUT2D eigenvalue weighted by Gasteiger charge is -2.07. The molecule has 0 spiro atoms. The summed E-state index contributed by atoms with van der Waals surface area (Å²) in [5, 5.41) is 7.19. The van der Waals surface area contributed by atoms with Crippen LogP contribution in [0.25, 0.3) is 10.2 Å². The van der Waals surface area contributed by atoms with E-state index < -0.39 is 0 Å². The van der Waals surface area contributed by atoms with E-state index in [1.54, 1.807) is 18.9 Å². The number of methoxy groups -OCH3 is 1. The zero-order valence-electron chi connectivity index (χ0n) is 13.6. The standard InChI is InChI=1S/C15H22N4O2S2/c1-10-11-13(16-5-4-7-21-2)18-9-19-15(11)23-12(10)14(20)17-6-8-22-3/h9H,4-8H2,1-3H3,(H,17,20)(H,16,18,19). The van der Waals surface area contributed by atoms with Crippen LogP contribution in [-0.4, -0.2) is 54.7 Å². The number of amides is 1. The van der Waals surface area contributed by atoms with Crippen molar-refractivity contribution < 1.29 is 9.53 Å². The van der Waals surface area contributed by atoms with Gasteiger partial charge < -0.3 is 15.4 Å². The van der Waals surface area contributed by atoms with E-state index in [0.29, 0.717) is 18.0 Å². The summed E-state index contributed by atoms with van der Waals surface area (Å²) in [5.41, 5.74) is 0.932. The minimum absolute atomic E-state index is 0.0371. The fourth-order valence-electron chi connectivity index (χ4n) is 2.19. The molecule has 23 heavy (non-hydrogen) atoms. The Balaban J connectivity index is 2.18. The Morgan fingerprint density at radius 2 is 2.22 bits per heavy atom. The molecule has 2 aromatic rings. The number of rotatable bonds is 9. The molecule has 6 nitrogen and oxygen atoms in total. The summed E-state index contributed by atoms with van der Waals surface area (Å²) in [5.74, 6) is 1.65. The van der Waals surface area contributed by atoms with Crippen molar-refractivity contribution in [3.05, 3.63) is 16.8 Å². The number of nitrogens with zero attached hydrogens (tertiary/aromatic N) is 2. The number of aromatic nitrogens is 2. The van der Waals surface area contributed by atoms with Gasteiger partial charge in [0, 0.05) is 32.6 Å². The van der Waals surface area contributed by atoms with E-state index in [2.05, 4.69) is 20.6 Å². The summed E-state index contributed by atoms with van der Waals surface area (Å²) in [6, 6.07) is 0. The van der Waals surface area contributed by atoms with Gasteiger partial charge in [0.25, 0.3) is 5.91 Å². The molecular formula is C15H22N4O2S2. The summed E-state index contributed by atoms with van der Waals surface area (Å²) in [4.78, 5) is 22.5. The van der Waals surface area contributed by atoms with Crippen LogP contribution in [0.1, 0.15) is 21.7 Å². The molecule has 0 radical (unpaired) electrons. The predicted octanol–water partition coefficient (Wildman–Crippen LogP) is 2.54. The summed E-state index contributed by atoms with van der Waals surface area (Å²) >= 11 is 3.12. The number of carbonyl (C=O) groups is 1. The van der Waals surface area contributed by atoms with E-state index in [0.717, 1.165) is 40.3 Å². The van der Waals surface area contributed by atoms with E-state index in [4.69, 9.17) is 4.74 Å².